The third-order valence-corrected chi connectivity index (χ3v) is 2.87. The van der Waals surface area contributed by atoms with Crippen LogP contribution in [0.5, 0.6) is 0 Å². The van der Waals surface area contributed by atoms with Crippen molar-refractivity contribution in [2.75, 3.05) is 40.3 Å². The maximum absolute atomic E-state index is 5.77. The van der Waals surface area contributed by atoms with Crippen molar-refractivity contribution in [3.8, 4) is 0 Å². The molecule has 0 aliphatic carbocycles. The van der Waals surface area contributed by atoms with Crippen LogP contribution in [0, 0.1) is 5.92 Å². The van der Waals surface area contributed by atoms with E-state index in [4.69, 9.17) is 5.73 Å². The summed E-state index contributed by atoms with van der Waals surface area (Å²) >= 11 is 0. The van der Waals surface area contributed by atoms with E-state index in [-0.39, 0.29) is 0 Å². The van der Waals surface area contributed by atoms with Gasteiger partial charge < -0.3 is 15.5 Å². The van der Waals surface area contributed by atoms with Gasteiger partial charge in [-0.2, -0.15) is 0 Å². The quantitative estimate of drug-likeness (QED) is 0.596. The number of likely N-dealkylation sites (N-methyl/N-ethyl adjacent to an activating group) is 1. The predicted octanol–water partition coefficient (Wildman–Crippen LogP) is 2.02. The summed E-state index contributed by atoms with van der Waals surface area (Å²) < 4.78 is 0. The van der Waals surface area contributed by atoms with E-state index in [9.17, 15) is 0 Å². The van der Waals surface area contributed by atoms with Crippen molar-refractivity contribution >= 4 is 0 Å². The maximum Gasteiger partial charge on any atom is 0.0109 e. The third-order valence-electron chi connectivity index (χ3n) is 2.87. The first-order valence-corrected chi connectivity index (χ1v) is 7.04. The van der Waals surface area contributed by atoms with Crippen molar-refractivity contribution in [1.82, 2.24) is 9.80 Å². The van der Waals surface area contributed by atoms with Gasteiger partial charge in [0.05, 0.1) is 0 Å². The SMILES string of the molecule is CC(C)CN(CCCCC(C)N)CCN(C)C. The van der Waals surface area contributed by atoms with Crippen molar-refractivity contribution in [2.45, 2.75) is 46.1 Å². The van der Waals surface area contributed by atoms with Gasteiger partial charge in [-0.05, 0) is 46.3 Å². The van der Waals surface area contributed by atoms with E-state index >= 15 is 0 Å². The van der Waals surface area contributed by atoms with Crippen molar-refractivity contribution in [1.29, 1.82) is 0 Å². The second kappa shape index (κ2) is 9.86. The highest BCUT2D eigenvalue weighted by atomic mass is 15.2. The van der Waals surface area contributed by atoms with Gasteiger partial charge in [0.1, 0.15) is 0 Å². The van der Waals surface area contributed by atoms with Crippen LogP contribution in [0.25, 0.3) is 0 Å². The van der Waals surface area contributed by atoms with Crippen LogP contribution < -0.4 is 5.73 Å². The molecule has 0 bridgehead atoms. The number of nitrogens with two attached hydrogens (primary N) is 1. The van der Waals surface area contributed by atoms with Crippen molar-refractivity contribution in [3.63, 3.8) is 0 Å². The Labute approximate surface area is 108 Å². The van der Waals surface area contributed by atoms with E-state index in [2.05, 4.69) is 44.7 Å². The lowest BCUT2D eigenvalue weighted by Crippen LogP contribution is -2.35. The lowest BCUT2D eigenvalue weighted by atomic mass is 10.1. The van der Waals surface area contributed by atoms with Gasteiger partial charge in [-0.3, -0.25) is 0 Å². The van der Waals surface area contributed by atoms with Gasteiger partial charge in [0.2, 0.25) is 0 Å². The van der Waals surface area contributed by atoms with Crippen LogP contribution in [0.1, 0.15) is 40.0 Å². The summed E-state index contributed by atoms with van der Waals surface area (Å²) in [4.78, 5) is 4.85. The van der Waals surface area contributed by atoms with Crippen LogP contribution in [-0.2, 0) is 0 Å². The molecule has 0 rings (SSSR count). The first kappa shape index (κ1) is 16.9. The molecule has 17 heavy (non-hydrogen) atoms. The monoisotopic (exact) mass is 243 g/mol. The van der Waals surface area contributed by atoms with Gasteiger partial charge in [0.15, 0.2) is 0 Å². The zero-order valence-corrected chi connectivity index (χ0v) is 12.6. The number of rotatable bonds is 10. The number of unbranched alkanes of at least 4 members (excludes halogenated alkanes) is 1. The number of nitrogens with zero attached hydrogens (tertiary/aromatic N) is 2. The maximum atomic E-state index is 5.77. The molecule has 1 unspecified atom stereocenters. The Balaban J connectivity index is 3.76. The van der Waals surface area contributed by atoms with Crippen LogP contribution in [0.2, 0.25) is 0 Å². The number of hydrogen-bond donors (Lipinski definition) is 1. The molecule has 0 amide bonds. The molecule has 0 aliphatic heterocycles. The summed E-state index contributed by atoms with van der Waals surface area (Å²) in [6, 6.07) is 0.357. The van der Waals surface area contributed by atoms with Crippen molar-refractivity contribution < 1.29 is 0 Å². The third kappa shape index (κ3) is 12.1. The predicted molar refractivity (Wildman–Crippen MR) is 77.3 cm³/mol. The zero-order valence-electron chi connectivity index (χ0n) is 12.6. The highest BCUT2D eigenvalue weighted by Gasteiger charge is 2.07. The summed E-state index contributed by atoms with van der Waals surface area (Å²) in [7, 11) is 4.29. The molecule has 0 heterocycles. The Morgan fingerprint density at radius 2 is 1.59 bits per heavy atom. The smallest absolute Gasteiger partial charge is 0.0109 e. The van der Waals surface area contributed by atoms with Crippen LogP contribution in [0.3, 0.4) is 0 Å². The van der Waals surface area contributed by atoms with Crippen LogP contribution in [0.4, 0.5) is 0 Å². The molecule has 2 N–H and O–H groups in total. The van der Waals surface area contributed by atoms with Crippen LogP contribution in [0.15, 0.2) is 0 Å². The van der Waals surface area contributed by atoms with Gasteiger partial charge in [-0.25, -0.2) is 0 Å². The number of hydrogen-bond acceptors (Lipinski definition) is 3. The van der Waals surface area contributed by atoms with Crippen molar-refractivity contribution in [3.05, 3.63) is 0 Å². The molecular formula is C14H33N3. The minimum absolute atomic E-state index is 0.357. The molecule has 0 aliphatic rings. The van der Waals surface area contributed by atoms with Gasteiger partial charge in [0.25, 0.3) is 0 Å². The molecular weight excluding hydrogens is 210 g/mol. The van der Waals surface area contributed by atoms with Gasteiger partial charge in [-0.1, -0.05) is 20.3 Å². The van der Waals surface area contributed by atoms with Gasteiger partial charge >= 0.3 is 0 Å². The topological polar surface area (TPSA) is 32.5 Å². The van der Waals surface area contributed by atoms with Crippen LogP contribution in [-0.4, -0.2) is 56.1 Å². The molecule has 0 aromatic heterocycles. The molecule has 0 spiro atoms. The highest BCUT2D eigenvalue weighted by molar-refractivity contribution is 4.63. The minimum Gasteiger partial charge on any atom is -0.328 e. The molecule has 3 nitrogen and oxygen atoms in total. The normalized spacial score (nSPS) is 13.9. The summed E-state index contributed by atoms with van der Waals surface area (Å²) in [6.07, 6.45) is 3.69. The van der Waals surface area contributed by atoms with E-state index in [1.807, 2.05) is 0 Å². The Bertz CT molecular complexity index is 167. The van der Waals surface area contributed by atoms with E-state index in [0.29, 0.717) is 6.04 Å². The van der Waals surface area contributed by atoms with E-state index in [1.165, 1.54) is 32.5 Å². The molecule has 1 atom stereocenters. The second-order valence-corrected chi connectivity index (χ2v) is 5.97. The Morgan fingerprint density at radius 1 is 0.941 bits per heavy atom. The molecule has 0 radical (unpaired) electrons. The fourth-order valence-electron chi connectivity index (χ4n) is 1.95. The van der Waals surface area contributed by atoms with E-state index < -0.39 is 0 Å². The lowest BCUT2D eigenvalue weighted by Gasteiger charge is -2.25. The summed E-state index contributed by atoms with van der Waals surface area (Å²) in [5, 5.41) is 0. The molecule has 0 aromatic carbocycles. The molecule has 104 valence electrons. The van der Waals surface area contributed by atoms with Gasteiger partial charge in [-0.15, -0.1) is 0 Å². The van der Waals surface area contributed by atoms with E-state index in [0.717, 1.165) is 18.9 Å². The zero-order chi connectivity index (χ0) is 13.3. The fraction of sp³-hybridized carbons (Fsp3) is 1.00. The first-order chi connectivity index (χ1) is 7.91. The molecule has 0 saturated heterocycles. The van der Waals surface area contributed by atoms with Gasteiger partial charge in [0, 0.05) is 25.7 Å². The van der Waals surface area contributed by atoms with Crippen LogP contribution >= 0.6 is 0 Å². The molecule has 0 saturated carbocycles. The first-order valence-electron chi connectivity index (χ1n) is 7.04. The molecule has 0 fully saturated rings. The molecule has 3 heteroatoms. The summed E-state index contributed by atoms with van der Waals surface area (Å²) in [5.74, 6) is 0.755. The molecule has 0 aromatic rings. The highest BCUT2D eigenvalue weighted by Crippen LogP contribution is 2.04. The Morgan fingerprint density at radius 3 is 2.06 bits per heavy atom. The Kier molecular flexibility index (Phi) is 9.79. The van der Waals surface area contributed by atoms with Crippen molar-refractivity contribution in [2.24, 2.45) is 11.7 Å². The second-order valence-electron chi connectivity index (χ2n) is 5.97. The fourth-order valence-corrected chi connectivity index (χ4v) is 1.95. The largest absolute Gasteiger partial charge is 0.328 e. The minimum atomic E-state index is 0.357. The summed E-state index contributed by atoms with van der Waals surface area (Å²) in [6.45, 7) is 11.5. The standard InChI is InChI=1S/C14H33N3/c1-13(2)12-17(11-10-16(4)5)9-7-6-8-14(3)15/h13-14H,6-12,15H2,1-5H3. The van der Waals surface area contributed by atoms with E-state index in [1.54, 1.807) is 0 Å². The Hall–Kier alpha value is -0.120. The average Bonchev–Trinajstić information content (AvgIpc) is 2.19. The summed E-state index contributed by atoms with van der Waals surface area (Å²) in [5.41, 5.74) is 5.77. The average molecular weight is 243 g/mol. The lowest BCUT2D eigenvalue weighted by molar-refractivity contribution is 0.214.